The highest BCUT2D eigenvalue weighted by Gasteiger charge is 2.46. The molecule has 1 aliphatic heterocycles. The second kappa shape index (κ2) is 10.4. The maximum atomic E-state index is 6.45. The minimum Gasteiger partial charge on any atom is -0.347 e. The molecule has 0 N–H and O–H groups in total. The van der Waals surface area contributed by atoms with Crippen molar-refractivity contribution in [2.75, 3.05) is 26.2 Å². The lowest BCUT2D eigenvalue weighted by Gasteiger charge is -2.42. The molecule has 1 atom stereocenters. The molecule has 3 heteroatoms. The first-order valence-electron chi connectivity index (χ1n) is 11.5. The minimum absolute atomic E-state index is 0.235. The Kier molecular flexibility index (Phi) is 8.90. The van der Waals surface area contributed by atoms with E-state index < -0.39 is 0 Å². The lowest BCUT2D eigenvalue weighted by Crippen LogP contribution is -2.39. The van der Waals surface area contributed by atoms with Crippen LogP contribution in [-0.2, 0) is 9.47 Å². The molecule has 26 heavy (non-hydrogen) atoms. The third-order valence-corrected chi connectivity index (χ3v) is 7.01. The smallest absolute Gasteiger partial charge is 0.168 e. The molecule has 3 nitrogen and oxygen atoms in total. The van der Waals surface area contributed by atoms with Gasteiger partial charge >= 0.3 is 0 Å². The first kappa shape index (κ1) is 22.2. The quantitative estimate of drug-likeness (QED) is 0.417. The zero-order valence-corrected chi connectivity index (χ0v) is 18.3. The molecule has 0 bridgehead atoms. The van der Waals surface area contributed by atoms with Gasteiger partial charge < -0.3 is 14.4 Å². The maximum Gasteiger partial charge on any atom is 0.168 e. The average molecular weight is 368 g/mol. The van der Waals surface area contributed by atoms with Crippen LogP contribution in [0.4, 0.5) is 0 Å². The summed E-state index contributed by atoms with van der Waals surface area (Å²) >= 11 is 0. The molecule has 0 aromatic rings. The van der Waals surface area contributed by atoms with E-state index in [0.29, 0.717) is 11.5 Å². The number of hydrogen-bond donors (Lipinski definition) is 0. The fourth-order valence-corrected chi connectivity index (χ4v) is 4.82. The molecule has 2 rings (SSSR count). The van der Waals surface area contributed by atoms with Gasteiger partial charge in [0.1, 0.15) is 0 Å². The largest absolute Gasteiger partial charge is 0.347 e. The van der Waals surface area contributed by atoms with Crippen LogP contribution < -0.4 is 0 Å². The molecule has 2 fully saturated rings. The van der Waals surface area contributed by atoms with Crippen LogP contribution in [0.3, 0.4) is 0 Å². The van der Waals surface area contributed by atoms with Crippen molar-refractivity contribution < 1.29 is 9.47 Å². The van der Waals surface area contributed by atoms with E-state index in [1.54, 1.807) is 0 Å². The normalized spacial score (nSPS) is 29.8. The Hall–Kier alpha value is -0.120. The van der Waals surface area contributed by atoms with Crippen LogP contribution in [-0.4, -0.2) is 43.0 Å². The predicted molar refractivity (Wildman–Crippen MR) is 110 cm³/mol. The van der Waals surface area contributed by atoms with Gasteiger partial charge in [0, 0.05) is 12.8 Å². The van der Waals surface area contributed by atoms with Crippen LogP contribution in [0.2, 0.25) is 0 Å². The van der Waals surface area contributed by atoms with Crippen LogP contribution in [0, 0.1) is 11.3 Å². The SMILES string of the molecule is CCCN(CCC)CCCCC1COC2(CCC(C(C)(C)CC)CC2)O1. The van der Waals surface area contributed by atoms with E-state index in [1.807, 2.05) is 0 Å². The third-order valence-electron chi connectivity index (χ3n) is 7.01. The molecule has 1 aliphatic carbocycles. The number of ether oxygens (including phenoxy) is 2. The van der Waals surface area contributed by atoms with Crippen molar-refractivity contribution in [2.24, 2.45) is 11.3 Å². The molecule has 1 heterocycles. The summed E-state index contributed by atoms with van der Waals surface area (Å²) in [6, 6.07) is 0. The Labute approximate surface area is 163 Å². The van der Waals surface area contributed by atoms with E-state index in [9.17, 15) is 0 Å². The van der Waals surface area contributed by atoms with Gasteiger partial charge in [0.15, 0.2) is 5.79 Å². The lowest BCUT2D eigenvalue weighted by molar-refractivity contribution is -0.197. The van der Waals surface area contributed by atoms with Crippen molar-refractivity contribution in [2.45, 2.75) is 111 Å². The summed E-state index contributed by atoms with van der Waals surface area (Å²) in [5.41, 5.74) is 0.461. The Balaban J connectivity index is 1.66. The van der Waals surface area contributed by atoms with E-state index >= 15 is 0 Å². The van der Waals surface area contributed by atoms with Crippen LogP contribution >= 0.6 is 0 Å². The molecule has 154 valence electrons. The van der Waals surface area contributed by atoms with Gasteiger partial charge in [-0.3, -0.25) is 0 Å². The highest BCUT2D eigenvalue weighted by Crippen LogP contribution is 2.47. The summed E-state index contributed by atoms with van der Waals surface area (Å²) in [7, 11) is 0. The van der Waals surface area contributed by atoms with Crippen molar-refractivity contribution in [3.63, 3.8) is 0 Å². The van der Waals surface area contributed by atoms with Crippen molar-refractivity contribution in [1.29, 1.82) is 0 Å². The van der Waals surface area contributed by atoms with E-state index in [0.717, 1.165) is 31.8 Å². The zero-order chi connectivity index (χ0) is 19.0. The molecular formula is C23H45NO2. The molecule has 0 aromatic heterocycles. The van der Waals surface area contributed by atoms with E-state index in [-0.39, 0.29) is 5.79 Å². The maximum absolute atomic E-state index is 6.45. The third kappa shape index (κ3) is 6.21. The summed E-state index contributed by atoms with van der Waals surface area (Å²) in [5.74, 6) is 0.592. The van der Waals surface area contributed by atoms with Gasteiger partial charge in [-0.1, -0.05) is 41.0 Å². The van der Waals surface area contributed by atoms with Gasteiger partial charge in [0.2, 0.25) is 0 Å². The molecule has 0 aromatic carbocycles. The molecule has 1 saturated carbocycles. The second-order valence-corrected chi connectivity index (χ2v) is 9.42. The highest BCUT2D eigenvalue weighted by molar-refractivity contribution is 4.89. The predicted octanol–water partition coefficient (Wildman–Crippen LogP) is 6.02. The van der Waals surface area contributed by atoms with Gasteiger partial charge in [-0.2, -0.15) is 0 Å². The monoisotopic (exact) mass is 367 g/mol. The fourth-order valence-electron chi connectivity index (χ4n) is 4.82. The van der Waals surface area contributed by atoms with Crippen molar-refractivity contribution in [3.05, 3.63) is 0 Å². The molecule has 2 aliphatic rings. The summed E-state index contributed by atoms with van der Waals surface area (Å²) in [4.78, 5) is 2.62. The van der Waals surface area contributed by atoms with Crippen molar-refractivity contribution in [3.8, 4) is 0 Å². The number of rotatable bonds is 11. The molecule has 0 amide bonds. The lowest BCUT2D eigenvalue weighted by atomic mass is 9.68. The van der Waals surface area contributed by atoms with E-state index in [4.69, 9.17) is 9.47 Å². The fraction of sp³-hybridized carbons (Fsp3) is 1.00. The Morgan fingerprint density at radius 2 is 1.62 bits per heavy atom. The Bertz CT molecular complexity index is 382. The van der Waals surface area contributed by atoms with E-state index in [1.165, 1.54) is 64.6 Å². The van der Waals surface area contributed by atoms with Crippen molar-refractivity contribution >= 4 is 0 Å². The van der Waals surface area contributed by atoms with Gasteiger partial charge in [-0.15, -0.1) is 0 Å². The first-order chi connectivity index (χ1) is 12.4. The molecular weight excluding hydrogens is 322 g/mol. The van der Waals surface area contributed by atoms with E-state index in [2.05, 4.69) is 39.5 Å². The second-order valence-electron chi connectivity index (χ2n) is 9.42. The Morgan fingerprint density at radius 3 is 2.19 bits per heavy atom. The van der Waals surface area contributed by atoms with Gasteiger partial charge in [0.25, 0.3) is 0 Å². The van der Waals surface area contributed by atoms with Crippen LogP contribution in [0.1, 0.15) is 98.8 Å². The summed E-state index contributed by atoms with van der Waals surface area (Å²) in [6.45, 7) is 16.3. The van der Waals surface area contributed by atoms with Gasteiger partial charge in [-0.25, -0.2) is 0 Å². The molecule has 1 unspecified atom stereocenters. The summed E-state index contributed by atoms with van der Waals surface area (Å²) < 4.78 is 12.7. The van der Waals surface area contributed by atoms with Gasteiger partial charge in [-0.05, 0) is 75.9 Å². The number of nitrogens with zero attached hydrogens (tertiary/aromatic N) is 1. The van der Waals surface area contributed by atoms with Gasteiger partial charge in [0.05, 0.1) is 12.7 Å². The number of hydrogen-bond acceptors (Lipinski definition) is 3. The minimum atomic E-state index is -0.235. The topological polar surface area (TPSA) is 21.7 Å². The summed E-state index contributed by atoms with van der Waals surface area (Å²) in [5, 5.41) is 0. The highest BCUT2D eigenvalue weighted by atomic mass is 16.7. The zero-order valence-electron chi connectivity index (χ0n) is 18.3. The standard InChI is InChI=1S/C23H45NO2/c1-6-16-24(17-7-2)18-10-9-11-21-19-25-23(26-21)14-12-20(13-15-23)22(4,5)8-3/h20-21H,6-19H2,1-5H3. The van der Waals surface area contributed by atoms with Crippen molar-refractivity contribution in [1.82, 2.24) is 4.90 Å². The first-order valence-corrected chi connectivity index (χ1v) is 11.5. The Morgan fingerprint density at radius 1 is 0.962 bits per heavy atom. The molecule has 1 spiro atoms. The van der Waals surface area contributed by atoms with Crippen LogP contribution in [0.15, 0.2) is 0 Å². The number of unbranched alkanes of at least 4 members (excludes halogenated alkanes) is 1. The molecule has 1 saturated heterocycles. The van der Waals surface area contributed by atoms with Crippen LogP contribution in [0.25, 0.3) is 0 Å². The average Bonchev–Trinajstić information content (AvgIpc) is 3.02. The summed E-state index contributed by atoms with van der Waals surface area (Å²) in [6.07, 6.45) is 12.6. The van der Waals surface area contributed by atoms with Crippen LogP contribution in [0.5, 0.6) is 0 Å². The molecule has 0 radical (unpaired) electrons.